The Labute approximate surface area is 170 Å². The molecule has 1 aliphatic carbocycles. The van der Waals surface area contributed by atoms with Gasteiger partial charge in [-0.3, -0.25) is 9.59 Å². The Morgan fingerprint density at radius 1 is 0.828 bits per heavy atom. The van der Waals surface area contributed by atoms with Gasteiger partial charge in [0.2, 0.25) is 11.8 Å². The van der Waals surface area contributed by atoms with E-state index in [1.165, 1.54) is 5.56 Å². The molecule has 29 heavy (non-hydrogen) atoms. The average Bonchev–Trinajstić information content (AvgIpc) is 3.49. The van der Waals surface area contributed by atoms with Crippen LogP contribution in [0.1, 0.15) is 17.9 Å². The van der Waals surface area contributed by atoms with E-state index in [2.05, 4.69) is 18.2 Å². The van der Waals surface area contributed by atoms with E-state index in [0.717, 1.165) is 17.3 Å². The summed E-state index contributed by atoms with van der Waals surface area (Å²) in [6.45, 7) is 2.85. The molecule has 1 saturated heterocycles. The lowest BCUT2D eigenvalue weighted by Crippen LogP contribution is -2.51. The molecule has 0 radical (unpaired) electrons. The maximum absolute atomic E-state index is 12.8. The Hall–Kier alpha value is -3.08. The number of carbonyl (C=O) groups is 2. The molecule has 2 heterocycles. The zero-order chi connectivity index (χ0) is 19.8. The minimum atomic E-state index is 0.117. The molecule has 5 rings (SSSR count). The van der Waals surface area contributed by atoms with E-state index in [4.69, 9.17) is 0 Å². The maximum atomic E-state index is 12.8. The van der Waals surface area contributed by atoms with Crippen LogP contribution >= 0.6 is 0 Å². The lowest BCUT2D eigenvalue weighted by molar-refractivity contribution is -0.140. The second-order valence-corrected chi connectivity index (χ2v) is 8.07. The Morgan fingerprint density at radius 3 is 2.31 bits per heavy atom. The number of para-hydroxylation sites is 1. The molecular weight excluding hydrogens is 362 g/mol. The summed E-state index contributed by atoms with van der Waals surface area (Å²) in [7, 11) is 0. The van der Waals surface area contributed by atoms with Crippen molar-refractivity contribution >= 4 is 22.7 Å². The summed E-state index contributed by atoms with van der Waals surface area (Å²) >= 11 is 0. The lowest BCUT2D eigenvalue weighted by Gasteiger charge is -2.35. The minimum absolute atomic E-state index is 0.117. The Morgan fingerprint density at radius 2 is 1.52 bits per heavy atom. The van der Waals surface area contributed by atoms with E-state index < -0.39 is 0 Å². The highest BCUT2D eigenvalue weighted by molar-refractivity contribution is 5.85. The number of benzene rings is 2. The lowest BCUT2D eigenvalue weighted by atomic mass is 10.1. The first kappa shape index (κ1) is 18.0. The third kappa shape index (κ3) is 3.53. The number of fused-ring (bicyclic) bond motifs is 1. The molecule has 0 spiro atoms. The number of nitrogens with zero attached hydrogens (tertiary/aromatic N) is 3. The van der Waals surface area contributed by atoms with Crippen molar-refractivity contribution in [3.8, 4) is 0 Å². The van der Waals surface area contributed by atoms with Crippen molar-refractivity contribution in [3.63, 3.8) is 0 Å². The highest BCUT2D eigenvalue weighted by atomic mass is 16.2. The van der Waals surface area contributed by atoms with Crippen LogP contribution in [0.3, 0.4) is 0 Å². The molecule has 2 unspecified atom stereocenters. The fraction of sp³-hybridized carbons (Fsp3) is 0.333. The molecular formula is C24H25N3O2. The summed E-state index contributed by atoms with van der Waals surface area (Å²) in [6.07, 6.45) is 2.92. The molecule has 148 valence electrons. The Balaban J connectivity index is 1.15. The highest BCUT2D eigenvalue weighted by Gasteiger charge is 2.46. The number of carbonyl (C=O) groups excluding carboxylic acids is 2. The van der Waals surface area contributed by atoms with Gasteiger partial charge in [-0.15, -0.1) is 0 Å². The second kappa shape index (κ2) is 7.39. The highest BCUT2D eigenvalue weighted by Crippen LogP contribution is 2.48. The van der Waals surface area contributed by atoms with Crippen LogP contribution in [0.2, 0.25) is 0 Å². The van der Waals surface area contributed by atoms with Crippen LogP contribution in [0.15, 0.2) is 66.9 Å². The van der Waals surface area contributed by atoms with E-state index in [1.54, 1.807) is 0 Å². The standard InChI is InChI=1S/C24H25N3O2/c28-23(17-27-11-10-19-8-4-5-9-22(19)27)25-12-14-26(15-13-25)24(29)21-16-20(21)18-6-2-1-3-7-18/h1-11,20-21H,12-17H2. The zero-order valence-electron chi connectivity index (χ0n) is 16.4. The molecule has 2 aliphatic rings. The molecule has 1 saturated carbocycles. The quantitative estimate of drug-likeness (QED) is 0.691. The molecule has 2 atom stereocenters. The summed E-state index contributed by atoms with van der Waals surface area (Å²) in [5, 5.41) is 1.15. The number of hydrogen-bond donors (Lipinski definition) is 0. The van der Waals surface area contributed by atoms with Crippen LogP contribution in [0.5, 0.6) is 0 Å². The molecule has 3 aromatic rings. The van der Waals surface area contributed by atoms with Crippen molar-refractivity contribution in [2.24, 2.45) is 5.92 Å². The van der Waals surface area contributed by atoms with E-state index >= 15 is 0 Å². The van der Waals surface area contributed by atoms with Gasteiger partial charge in [-0.25, -0.2) is 0 Å². The summed E-state index contributed by atoms with van der Waals surface area (Å²) < 4.78 is 2.00. The SMILES string of the molecule is O=C(Cn1ccc2ccccc21)N1CCN(C(=O)C2CC2c2ccccc2)CC1. The molecule has 2 amide bonds. The Kier molecular flexibility index (Phi) is 4.58. The number of piperazine rings is 1. The monoisotopic (exact) mass is 387 g/mol. The van der Waals surface area contributed by atoms with E-state index in [9.17, 15) is 9.59 Å². The van der Waals surface area contributed by atoms with Gasteiger partial charge in [0.15, 0.2) is 0 Å². The van der Waals surface area contributed by atoms with E-state index in [1.807, 2.05) is 63.0 Å². The van der Waals surface area contributed by atoms with E-state index in [-0.39, 0.29) is 17.7 Å². The zero-order valence-corrected chi connectivity index (χ0v) is 16.4. The molecule has 0 bridgehead atoms. The molecule has 1 aromatic heterocycles. The first-order valence-electron chi connectivity index (χ1n) is 10.4. The normalized spacial score (nSPS) is 21.4. The topological polar surface area (TPSA) is 45.6 Å². The van der Waals surface area contributed by atoms with Gasteiger partial charge in [0.25, 0.3) is 0 Å². The number of amides is 2. The van der Waals surface area contributed by atoms with Gasteiger partial charge in [0, 0.05) is 43.8 Å². The number of hydrogen-bond acceptors (Lipinski definition) is 2. The summed E-state index contributed by atoms with van der Waals surface area (Å²) in [5.41, 5.74) is 2.34. The molecule has 2 fully saturated rings. The maximum Gasteiger partial charge on any atom is 0.242 e. The third-order valence-corrected chi connectivity index (χ3v) is 6.27. The molecule has 5 nitrogen and oxygen atoms in total. The van der Waals surface area contributed by atoms with Gasteiger partial charge in [-0.2, -0.15) is 0 Å². The van der Waals surface area contributed by atoms with Crippen molar-refractivity contribution in [3.05, 3.63) is 72.4 Å². The average molecular weight is 387 g/mol. The Bertz CT molecular complexity index is 1030. The molecule has 1 aliphatic heterocycles. The van der Waals surface area contributed by atoms with Gasteiger partial charge in [-0.05, 0) is 35.4 Å². The molecule has 0 N–H and O–H groups in total. The largest absolute Gasteiger partial charge is 0.339 e. The van der Waals surface area contributed by atoms with E-state index in [0.29, 0.717) is 38.6 Å². The van der Waals surface area contributed by atoms with Gasteiger partial charge in [-0.1, -0.05) is 48.5 Å². The van der Waals surface area contributed by atoms with Gasteiger partial charge < -0.3 is 14.4 Å². The summed E-state index contributed by atoms with van der Waals surface area (Å²) in [4.78, 5) is 29.4. The van der Waals surface area contributed by atoms with Gasteiger partial charge >= 0.3 is 0 Å². The second-order valence-electron chi connectivity index (χ2n) is 8.07. The predicted molar refractivity (Wildman–Crippen MR) is 112 cm³/mol. The van der Waals surface area contributed by atoms with Crippen molar-refractivity contribution in [1.82, 2.24) is 14.4 Å². The van der Waals surface area contributed by atoms with Crippen LogP contribution < -0.4 is 0 Å². The van der Waals surface area contributed by atoms with Crippen molar-refractivity contribution in [2.45, 2.75) is 18.9 Å². The van der Waals surface area contributed by atoms with Crippen molar-refractivity contribution in [2.75, 3.05) is 26.2 Å². The van der Waals surface area contributed by atoms with Crippen LogP contribution in [-0.2, 0) is 16.1 Å². The predicted octanol–water partition coefficient (Wildman–Crippen LogP) is 3.12. The van der Waals surface area contributed by atoms with Crippen LogP contribution in [0, 0.1) is 5.92 Å². The fourth-order valence-corrected chi connectivity index (χ4v) is 4.47. The van der Waals surface area contributed by atoms with Gasteiger partial charge in [0.1, 0.15) is 6.54 Å². The van der Waals surface area contributed by atoms with Gasteiger partial charge in [0.05, 0.1) is 0 Å². The van der Waals surface area contributed by atoms with Crippen LogP contribution in [-0.4, -0.2) is 52.4 Å². The van der Waals surface area contributed by atoms with Crippen LogP contribution in [0.4, 0.5) is 0 Å². The third-order valence-electron chi connectivity index (χ3n) is 6.27. The first-order valence-corrected chi connectivity index (χ1v) is 10.4. The van der Waals surface area contributed by atoms with Crippen molar-refractivity contribution in [1.29, 1.82) is 0 Å². The number of aromatic nitrogens is 1. The summed E-state index contributed by atoms with van der Waals surface area (Å²) in [6, 6.07) is 20.4. The summed E-state index contributed by atoms with van der Waals surface area (Å²) in [5.74, 6) is 0.852. The van der Waals surface area contributed by atoms with Crippen molar-refractivity contribution < 1.29 is 9.59 Å². The fourth-order valence-electron chi connectivity index (χ4n) is 4.47. The van der Waals surface area contributed by atoms with Crippen LogP contribution in [0.25, 0.3) is 10.9 Å². The molecule has 5 heteroatoms. The minimum Gasteiger partial charge on any atom is -0.339 e. The smallest absolute Gasteiger partial charge is 0.242 e. The number of rotatable bonds is 4. The molecule has 2 aromatic carbocycles. The first-order chi connectivity index (χ1) is 14.2.